The first-order valence-corrected chi connectivity index (χ1v) is 6.48. The fourth-order valence-corrected chi connectivity index (χ4v) is 2.23. The third-order valence-electron chi connectivity index (χ3n) is 3.23. The molecule has 0 unspecified atom stereocenters. The lowest BCUT2D eigenvalue weighted by Crippen LogP contribution is -2.32. The molecule has 0 aliphatic heterocycles. The van der Waals surface area contributed by atoms with Gasteiger partial charge in [-0.15, -0.1) is 0 Å². The van der Waals surface area contributed by atoms with Gasteiger partial charge in [0.1, 0.15) is 0 Å². The van der Waals surface area contributed by atoms with E-state index in [0.29, 0.717) is 11.8 Å². The van der Waals surface area contributed by atoms with Crippen molar-refractivity contribution in [1.82, 2.24) is 5.32 Å². The quantitative estimate of drug-likeness (QED) is 0.696. The highest BCUT2D eigenvalue weighted by Crippen LogP contribution is 2.23. The maximum absolute atomic E-state index is 11.7. The van der Waals surface area contributed by atoms with Gasteiger partial charge in [-0.3, -0.25) is 4.79 Å². The molecule has 1 rings (SSSR count). The van der Waals surface area contributed by atoms with Crippen LogP contribution in [-0.2, 0) is 4.79 Å². The molecule has 1 N–H and O–H groups in total. The predicted octanol–water partition coefficient (Wildman–Crippen LogP) is 3.12. The van der Waals surface area contributed by atoms with Crippen molar-refractivity contribution in [1.29, 1.82) is 0 Å². The maximum Gasteiger partial charge on any atom is 0.223 e. The van der Waals surface area contributed by atoms with Crippen LogP contribution in [0.15, 0.2) is 0 Å². The summed E-state index contributed by atoms with van der Waals surface area (Å²) in [6.07, 6.45) is 8.35. The first-order valence-electron chi connectivity index (χ1n) is 6.48. The van der Waals surface area contributed by atoms with Crippen LogP contribution in [0.3, 0.4) is 0 Å². The summed E-state index contributed by atoms with van der Waals surface area (Å²) in [4.78, 5) is 11.7. The van der Waals surface area contributed by atoms with Crippen LogP contribution in [0, 0.1) is 11.8 Å². The van der Waals surface area contributed by atoms with Crippen molar-refractivity contribution in [2.75, 3.05) is 6.54 Å². The SMILES string of the molecule is CC(C)CCCNC(=O)C1CCCCC1. The average molecular weight is 211 g/mol. The van der Waals surface area contributed by atoms with Gasteiger partial charge in [0.2, 0.25) is 5.91 Å². The van der Waals surface area contributed by atoms with Crippen molar-refractivity contribution >= 4 is 5.91 Å². The number of hydrogen-bond donors (Lipinski definition) is 1. The van der Waals surface area contributed by atoms with Gasteiger partial charge in [-0.05, 0) is 31.6 Å². The molecule has 1 aliphatic carbocycles. The van der Waals surface area contributed by atoms with Crippen LogP contribution in [0.25, 0.3) is 0 Å². The smallest absolute Gasteiger partial charge is 0.223 e. The van der Waals surface area contributed by atoms with Crippen LogP contribution < -0.4 is 5.32 Å². The van der Waals surface area contributed by atoms with Crippen LogP contribution in [0.1, 0.15) is 58.8 Å². The summed E-state index contributed by atoms with van der Waals surface area (Å²) in [6.45, 7) is 5.32. The van der Waals surface area contributed by atoms with Crippen LogP contribution in [0.2, 0.25) is 0 Å². The number of hydrogen-bond acceptors (Lipinski definition) is 1. The molecule has 1 amide bonds. The van der Waals surface area contributed by atoms with Gasteiger partial charge in [0.15, 0.2) is 0 Å². The molecule has 0 spiro atoms. The van der Waals surface area contributed by atoms with E-state index >= 15 is 0 Å². The summed E-state index contributed by atoms with van der Waals surface area (Å²) < 4.78 is 0. The number of carbonyl (C=O) groups is 1. The molecule has 0 heterocycles. The Labute approximate surface area is 93.8 Å². The Balaban J connectivity index is 2.07. The summed E-state index contributed by atoms with van der Waals surface area (Å²) in [5.74, 6) is 1.37. The van der Waals surface area contributed by atoms with Crippen molar-refractivity contribution in [2.24, 2.45) is 11.8 Å². The molecule has 1 aliphatic rings. The van der Waals surface area contributed by atoms with Crippen LogP contribution in [0.4, 0.5) is 0 Å². The molecule has 15 heavy (non-hydrogen) atoms. The topological polar surface area (TPSA) is 29.1 Å². The zero-order valence-corrected chi connectivity index (χ0v) is 10.2. The Hall–Kier alpha value is -0.530. The third kappa shape index (κ3) is 5.19. The van der Waals surface area contributed by atoms with Crippen molar-refractivity contribution in [3.05, 3.63) is 0 Å². The van der Waals surface area contributed by atoms with Crippen LogP contribution in [-0.4, -0.2) is 12.5 Å². The number of amides is 1. The average Bonchev–Trinajstić information content (AvgIpc) is 2.25. The molecule has 0 aromatic rings. The molecule has 1 saturated carbocycles. The second kappa shape index (κ2) is 6.86. The Morgan fingerprint density at radius 2 is 1.93 bits per heavy atom. The van der Waals surface area contributed by atoms with E-state index in [1.807, 2.05) is 0 Å². The third-order valence-corrected chi connectivity index (χ3v) is 3.23. The van der Waals surface area contributed by atoms with Gasteiger partial charge < -0.3 is 5.32 Å². The first-order chi connectivity index (χ1) is 7.20. The van der Waals surface area contributed by atoms with E-state index in [4.69, 9.17) is 0 Å². The molecule has 2 nitrogen and oxygen atoms in total. The first kappa shape index (κ1) is 12.5. The molecule has 0 bridgehead atoms. The molecular formula is C13H25NO. The monoisotopic (exact) mass is 211 g/mol. The Morgan fingerprint density at radius 1 is 1.27 bits per heavy atom. The fourth-order valence-electron chi connectivity index (χ4n) is 2.23. The van der Waals surface area contributed by atoms with E-state index < -0.39 is 0 Å². The number of rotatable bonds is 5. The van der Waals surface area contributed by atoms with E-state index in [2.05, 4.69) is 19.2 Å². The number of nitrogens with one attached hydrogen (secondary N) is 1. The zero-order chi connectivity index (χ0) is 11.1. The van der Waals surface area contributed by atoms with E-state index in [9.17, 15) is 4.79 Å². The maximum atomic E-state index is 11.7. The lowest BCUT2D eigenvalue weighted by molar-refractivity contribution is -0.125. The van der Waals surface area contributed by atoms with E-state index in [1.165, 1.54) is 25.7 Å². The molecule has 88 valence electrons. The lowest BCUT2D eigenvalue weighted by atomic mass is 9.88. The van der Waals surface area contributed by atoms with Gasteiger partial charge >= 0.3 is 0 Å². The van der Waals surface area contributed by atoms with Gasteiger partial charge in [0.05, 0.1) is 0 Å². The molecular weight excluding hydrogens is 186 g/mol. The highest BCUT2D eigenvalue weighted by molar-refractivity contribution is 5.78. The minimum atomic E-state index is 0.304. The molecule has 0 atom stereocenters. The van der Waals surface area contributed by atoms with E-state index in [-0.39, 0.29) is 0 Å². The summed E-state index contributed by atoms with van der Waals surface area (Å²) in [5, 5.41) is 3.07. The van der Waals surface area contributed by atoms with E-state index in [0.717, 1.165) is 31.7 Å². The minimum Gasteiger partial charge on any atom is -0.356 e. The highest BCUT2D eigenvalue weighted by atomic mass is 16.1. The molecule has 0 aromatic heterocycles. The highest BCUT2D eigenvalue weighted by Gasteiger charge is 2.20. The van der Waals surface area contributed by atoms with Crippen molar-refractivity contribution in [3.63, 3.8) is 0 Å². The largest absolute Gasteiger partial charge is 0.356 e. The van der Waals surface area contributed by atoms with Gasteiger partial charge in [-0.1, -0.05) is 33.1 Å². The van der Waals surface area contributed by atoms with Gasteiger partial charge in [0, 0.05) is 12.5 Å². The Bertz CT molecular complexity index is 183. The van der Waals surface area contributed by atoms with Gasteiger partial charge in [0.25, 0.3) is 0 Å². The molecule has 0 radical (unpaired) electrons. The second-order valence-corrected chi connectivity index (χ2v) is 5.16. The predicted molar refractivity (Wildman–Crippen MR) is 63.7 cm³/mol. The van der Waals surface area contributed by atoms with Gasteiger partial charge in [-0.25, -0.2) is 0 Å². The summed E-state index contributed by atoms with van der Waals surface area (Å²) in [5.41, 5.74) is 0. The zero-order valence-electron chi connectivity index (χ0n) is 10.2. The van der Waals surface area contributed by atoms with Crippen LogP contribution in [0.5, 0.6) is 0 Å². The number of carbonyl (C=O) groups excluding carboxylic acids is 1. The van der Waals surface area contributed by atoms with Crippen LogP contribution >= 0.6 is 0 Å². The standard InChI is InChI=1S/C13H25NO/c1-11(2)7-6-10-14-13(15)12-8-4-3-5-9-12/h11-12H,3-10H2,1-2H3,(H,14,15). The summed E-state index contributed by atoms with van der Waals surface area (Å²) >= 11 is 0. The molecule has 1 fully saturated rings. The van der Waals surface area contributed by atoms with E-state index in [1.54, 1.807) is 0 Å². The minimum absolute atomic E-state index is 0.304. The van der Waals surface area contributed by atoms with Gasteiger partial charge in [-0.2, -0.15) is 0 Å². The fraction of sp³-hybridized carbons (Fsp3) is 0.923. The Morgan fingerprint density at radius 3 is 2.53 bits per heavy atom. The molecule has 0 saturated heterocycles. The summed E-state index contributed by atoms with van der Waals surface area (Å²) in [6, 6.07) is 0. The van der Waals surface area contributed by atoms with Crippen molar-refractivity contribution in [3.8, 4) is 0 Å². The lowest BCUT2D eigenvalue weighted by Gasteiger charge is -2.20. The van der Waals surface area contributed by atoms with Crippen molar-refractivity contribution in [2.45, 2.75) is 58.8 Å². The normalized spacial score (nSPS) is 18.1. The Kier molecular flexibility index (Phi) is 5.74. The second-order valence-electron chi connectivity index (χ2n) is 5.16. The summed E-state index contributed by atoms with van der Waals surface area (Å²) in [7, 11) is 0. The molecule has 0 aromatic carbocycles. The van der Waals surface area contributed by atoms with Crippen molar-refractivity contribution < 1.29 is 4.79 Å². The molecule has 2 heteroatoms.